The number of carbonyl (C=O) groups excluding carboxylic acids is 2. The van der Waals surface area contributed by atoms with Crippen molar-refractivity contribution >= 4 is 38.9 Å². The second kappa shape index (κ2) is 12.4. The molecule has 0 bridgehead atoms. The molecule has 1 aliphatic heterocycles. The molecular formula is C31H34F3N3O5S2. The fraction of sp³-hybridized carbons (Fsp3) is 0.419. The summed E-state index contributed by atoms with van der Waals surface area (Å²) in [5.41, 5.74) is -4.61. The lowest BCUT2D eigenvalue weighted by Crippen LogP contribution is -2.51. The number of alkyl halides is 3. The van der Waals surface area contributed by atoms with Crippen molar-refractivity contribution in [3.63, 3.8) is 0 Å². The Bertz CT molecular complexity index is 1590. The highest BCUT2D eigenvalue weighted by Crippen LogP contribution is 2.34. The Morgan fingerprint density at radius 3 is 2.41 bits per heavy atom. The molecule has 8 nitrogen and oxygen atoms in total. The monoisotopic (exact) mass is 649 g/mol. The van der Waals surface area contributed by atoms with Gasteiger partial charge in [0.25, 0.3) is 5.91 Å². The molecule has 1 unspecified atom stereocenters. The zero-order valence-corrected chi connectivity index (χ0v) is 26.0. The van der Waals surface area contributed by atoms with Crippen LogP contribution in [0.3, 0.4) is 0 Å². The quantitative estimate of drug-likeness (QED) is 0.292. The molecule has 2 aromatic carbocycles. The second-order valence-corrected chi connectivity index (χ2v) is 14.3. The van der Waals surface area contributed by atoms with Crippen LogP contribution in [0, 0.1) is 5.92 Å². The largest absolute Gasteiger partial charge is 0.516 e. The molecule has 1 atom stereocenters. The summed E-state index contributed by atoms with van der Waals surface area (Å²) in [7, 11) is -5.88. The van der Waals surface area contributed by atoms with Gasteiger partial charge in [0.1, 0.15) is 5.75 Å². The van der Waals surface area contributed by atoms with Crippen LogP contribution in [-0.4, -0.2) is 55.4 Å². The number of hydrogen-bond donors (Lipinski definition) is 1. The van der Waals surface area contributed by atoms with E-state index in [0.29, 0.717) is 19.6 Å². The lowest BCUT2D eigenvalue weighted by Gasteiger charge is -2.36. The number of halogens is 3. The third-order valence-corrected chi connectivity index (χ3v) is 9.77. The standard InChI is InChI=1S/C31H34F3N3O5S2/c1-30(2,29(39)35-44(40,41)31(32,33)34)42-26-8-3-7-25(18-26)36-16-4-6-23(20-36)28(38)37(24-14-15-24)19-21-10-12-22(13-11-21)27-9-5-17-43-27/h3,5,7-13,17-18,23-24H,4,6,14-16,19-20H2,1-2H3,(H,35,39). The topological polar surface area (TPSA) is 96.0 Å². The van der Waals surface area contributed by atoms with Crippen LogP contribution in [-0.2, 0) is 26.2 Å². The second-order valence-electron chi connectivity index (χ2n) is 11.6. The lowest BCUT2D eigenvalue weighted by molar-refractivity contribution is -0.137. The molecule has 1 saturated heterocycles. The van der Waals surface area contributed by atoms with Crippen molar-refractivity contribution in [2.75, 3.05) is 18.0 Å². The third-order valence-electron chi connectivity index (χ3n) is 7.79. The van der Waals surface area contributed by atoms with E-state index in [-0.39, 0.29) is 23.6 Å². The summed E-state index contributed by atoms with van der Waals surface area (Å²) in [6.07, 6.45) is 3.52. The molecular weight excluding hydrogens is 615 g/mol. The van der Waals surface area contributed by atoms with Gasteiger partial charge in [-0.25, -0.2) is 4.72 Å². The number of ether oxygens (including phenoxy) is 1. The maximum Gasteiger partial charge on any atom is 0.516 e. The van der Waals surface area contributed by atoms with E-state index in [9.17, 15) is 31.2 Å². The third kappa shape index (κ3) is 7.37. The molecule has 2 fully saturated rings. The van der Waals surface area contributed by atoms with Crippen LogP contribution in [0.4, 0.5) is 18.9 Å². The van der Waals surface area contributed by atoms with E-state index < -0.39 is 27.0 Å². The molecule has 2 heterocycles. The Labute approximate surface area is 258 Å². The van der Waals surface area contributed by atoms with Crippen LogP contribution in [0.25, 0.3) is 10.4 Å². The van der Waals surface area contributed by atoms with Gasteiger partial charge in [-0.15, -0.1) is 11.3 Å². The van der Waals surface area contributed by atoms with Gasteiger partial charge in [-0.05, 0) is 74.2 Å². The number of carbonyl (C=O) groups is 2. The van der Waals surface area contributed by atoms with Gasteiger partial charge < -0.3 is 14.5 Å². The Kier molecular flexibility index (Phi) is 8.99. The highest BCUT2D eigenvalue weighted by molar-refractivity contribution is 7.90. The van der Waals surface area contributed by atoms with E-state index in [0.717, 1.165) is 47.2 Å². The Morgan fingerprint density at radius 2 is 1.77 bits per heavy atom. The minimum Gasteiger partial charge on any atom is -0.478 e. The van der Waals surface area contributed by atoms with Crippen molar-refractivity contribution in [3.05, 3.63) is 71.6 Å². The molecule has 13 heteroatoms. The summed E-state index contributed by atoms with van der Waals surface area (Å²) in [6, 6.07) is 19.3. The summed E-state index contributed by atoms with van der Waals surface area (Å²) in [4.78, 5) is 31.5. The van der Waals surface area contributed by atoms with Crippen LogP contribution in [0.5, 0.6) is 5.75 Å². The fourth-order valence-electron chi connectivity index (χ4n) is 5.22. The first kappa shape index (κ1) is 31.8. The van der Waals surface area contributed by atoms with E-state index in [2.05, 4.69) is 35.2 Å². The molecule has 0 radical (unpaired) electrons. The predicted octanol–water partition coefficient (Wildman–Crippen LogP) is 5.95. The Morgan fingerprint density at radius 1 is 1.05 bits per heavy atom. The number of amides is 2. The Balaban J connectivity index is 1.24. The van der Waals surface area contributed by atoms with E-state index in [4.69, 9.17) is 4.74 Å². The maximum absolute atomic E-state index is 13.8. The first-order valence-electron chi connectivity index (χ1n) is 14.3. The van der Waals surface area contributed by atoms with E-state index in [1.54, 1.807) is 23.5 Å². The van der Waals surface area contributed by atoms with Crippen LogP contribution < -0.4 is 14.4 Å². The van der Waals surface area contributed by atoms with Gasteiger partial charge in [-0.1, -0.05) is 36.4 Å². The van der Waals surface area contributed by atoms with E-state index >= 15 is 0 Å². The summed E-state index contributed by atoms with van der Waals surface area (Å²) in [5.74, 6) is -1.37. The minimum absolute atomic E-state index is 0.121. The fourth-order valence-corrected chi connectivity index (χ4v) is 6.56. The van der Waals surface area contributed by atoms with Crippen molar-refractivity contribution in [3.8, 4) is 16.2 Å². The summed E-state index contributed by atoms with van der Waals surface area (Å²) >= 11 is 1.69. The van der Waals surface area contributed by atoms with Crippen LogP contribution in [0.1, 0.15) is 45.1 Å². The summed E-state index contributed by atoms with van der Waals surface area (Å²) in [5, 5.41) is 2.05. The molecule has 1 N–H and O–H groups in total. The molecule has 0 spiro atoms. The molecule has 2 amide bonds. The summed E-state index contributed by atoms with van der Waals surface area (Å²) < 4.78 is 67.8. The van der Waals surface area contributed by atoms with E-state index in [1.807, 2.05) is 22.4 Å². The van der Waals surface area contributed by atoms with Crippen molar-refractivity contribution in [2.45, 2.75) is 63.2 Å². The van der Waals surface area contributed by atoms with Gasteiger partial charge in [0.2, 0.25) is 5.91 Å². The number of rotatable bonds is 10. The van der Waals surface area contributed by atoms with Gasteiger partial charge in [-0.2, -0.15) is 21.6 Å². The SMILES string of the molecule is CC(C)(Oc1cccc(N2CCCC(C(=O)N(Cc3ccc(-c4cccs4)cc3)C3CC3)C2)c1)C(=O)NS(=O)(=O)C(F)(F)F. The van der Waals surface area contributed by atoms with Gasteiger partial charge in [-0.3, -0.25) is 9.59 Å². The van der Waals surface area contributed by atoms with Crippen LogP contribution in [0.2, 0.25) is 0 Å². The molecule has 2 aliphatic rings. The smallest absolute Gasteiger partial charge is 0.478 e. The molecule has 44 heavy (non-hydrogen) atoms. The number of hydrogen-bond acceptors (Lipinski definition) is 7. The highest BCUT2D eigenvalue weighted by atomic mass is 32.2. The zero-order valence-electron chi connectivity index (χ0n) is 24.3. The number of nitrogens with one attached hydrogen (secondary N) is 1. The average Bonchev–Trinajstić information content (AvgIpc) is 3.67. The summed E-state index contributed by atoms with van der Waals surface area (Å²) in [6.45, 7) is 4.08. The highest BCUT2D eigenvalue weighted by Gasteiger charge is 2.49. The van der Waals surface area contributed by atoms with E-state index in [1.165, 1.54) is 24.8 Å². The van der Waals surface area contributed by atoms with Crippen LogP contribution >= 0.6 is 11.3 Å². The maximum atomic E-state index is 13.8. The molecule has 1 aliphatic carbocycles. The molecule has 236 valence electrons. The predicted molar refractivity (Wildman–Crippen MR) is 163 cm³/mol. The van der Waals surface area contributed by atoms with Gasteiger partial charge >= 0.3 is 15.5 Å². The number of nitrogens with zero attached hydrogens (tertiary/aromatic N) is 2. The Hall–Kier alpha value is -3.58. The number of piperidine rings is 1. The molecule has 3 aromatic rings. The van der Waals surface area contributed by atoms with Crippen LogP contribution in [0.15, 0.2) is 66.0 Å². The number of benzene rings is 2. The first-order valence-corrected chi connectivity index (χ1v) is 16.7. The van der Waals surface area contributed by atoms with Gasteiger partial charge in [0.15, 0.2) is 5.60 Å². The van der Waals surface area contributed by atoms with Crippen molar-refractivity contribution in [2.24, 2.45) is 5.92 Å². The zero-order chi connectivity index (χ0) is 31.7. The lowest BCUT2D eigenvalue weighted by atomic mass is 9.95. The molecule has 1 aromatic heterocycles. The first-order chi connectivity index (χ1) is 20.7. The molecule has 1 saturated carbocycles. The van der Waals surface area contributed by atoms with Gasteiger partial charge in [0.05, 0.1) is 5.92 Å². The number of thiophene rings is 1. The average molecular weight is 650 g/mol. The number of sulfonamides is 1. The van der Waals surface area contributed by atoms with Crippen molar-refractivity contribution in [1.82, 2.24) is 9.62 Å². The van der Waals surface area contributed by atoms with Crippen molar-refractivity contribution < 1.29 is 35.9 Å². The minimum atomic E-state index is -5.88. The molecule has 5 rings (SSSR count). The van der Waals surface area contributed by atoms with Crippen molar-refractivity contribution in [1.29, 1.82) is 0 Å². The normalized spacial score (nSPS) is 17.7. The number of anilines is 1. The van der Waals surface area contributed by atoms with Gasteiger partial charge in [0, 0.05) is 42.3 Å².